The van der Waals surface area contributed by atoms with Crippen molar-refractivity contribution < 1.29 is 24.8 Å². The first-order valence-corrected chi connectivity index (χ1v) is 11.4. The van der Waals surface area contributed by atoms with Crippen LogP contribution in [0.1, 0.15) is 59.3 Å². The molecule has 3 fully saturated rings. The normalized spacial score (nSPS) is 44.7. The molecule has 2 aliphatic carbocycles. The van der Waals surface area contributed by atoms with E-state index >= 15 is 0 Å². The van der Waals surface area contributed by atoms with Crippen LogP contribution in [0.25, 0.3) is 0 Å². The minimum absolute atomic E-state index is 0.0333. The van der Waals surface area contributed by atoms with Crippen LogP contribution in [0.5, 0.6) is 0 Å². The minimum atomic E-state index is -1.13. The van der Waals surface area contributed by atoms with E-state index in [1.807, 2.05) is 6.08 Å². The highest BCUT2D eigenvalue weighted by molar-refractivity contribution is 5.20. The molecule has 8 unspecified atom stereocenters. The van der Waals surface area contributed by atoms with Gasteiger partial charge in [-0.3, -0.25) is 0 Å². The summed E-state index contributed by atoms with van der Waals surface area (Å²) in [7, 11) is 0. The molecule has 8 atom stereocenters. The molecule has 3 aliphatic rings. The molecule has 0 radical (unpaired) electrons. The van der Waals surface area contributed by atoms with Crippen LogP contribution in [-0.4, -0.2) is 53.1 Å². The summed E-state index contributed by atoms with van der Waals surface area (Å²) in [6.45, 7) is 15.3. The second-order valence-electron chi connectivity index (χ2n) is 10.2. The standard InChI is InChI=1S/C25H40O5/c1-6-16(2)8-10-18-17(3)9-11-20-24(4,12-7-13-25(18,20)5)15-29-23-22(28)21(27)19(14-26)30-23/h6,8,18-23,26-28H,1,3,7,9-15H2,2,4-5H3. The van der Waals surface area contributed by atoms with Gasteiger partial charge in [-0.1, -0.05) is 56.7 Å². The minimum Gasteiger partial charge on any atom is -0.394 e. The summed E-state index contributed by atoms with van der Waals surface area (Å²) in [6.07, 6.45) is 6.79. The van der Waals surface area contributed by atoms with E-state index in [1.165, 1.54) is 17.6 Å². The topological polar surface area (TPSA) is 79.2 Å². The molecule has 0 spiro atoms. The van der Waals surface area contributed by atoms with E-state index in [0.29, 0.717) is 18.4 Å². The number of hydrogen-bond donors (Lipinski definition) is 3. The molecule has 170 valence electrons. The van der Waals surface area contributed by atoms with Gasteiger partial charge in [-0.2, -0.15) is 0 Å². The molecule has 1 saturated heterocycles. The number of aliphatic hydroxyl groups excluding tert-OH is 3. The van der Waals surface area contributed by atoms with Crippen LogP contribution in [0.2, 0.25) is 0 Å². The highest BCUT2D eigenvalue weighted by Crippen LogP contribution is 2.62. The van der Waals surface area contributed by atoms with Crippen LogP contribution in [0.4, 0.5) is 0 Å². The molecule has 0 aromatic rings. The monoisotopic (exact) mass is 420 g/mol. The maximum atomic E-state index is 10.2. The van der Waals surface area contributed by atoms with E-state index in [9.17, 15) is 15.3 Å². The Bertz CT molecular complexity index is 672. The summed E-state index contributed by atoms with van der Waals surface area (Å²) in [5.74, 6) is 0.934. The summed E-state index contributed by atoms with van der Waals surface area (Å²) in [5, 5.41) is 29.6. The Morgan fingerprint density at radius 3 is 2.63 bits per heavy atom. The molecule has 3 rings (SSSR count). The SMILES string of the molecule is C=CC(C)=CCC1C(=C)CCC2C(C)(COC3OC(CO)C(O)C3O)CCCC12C. The predicted octanol–water partition coefficient (Wildman–Crippen LogP) is 3.74. The summed E-state index contributed by atoms with van der Waals surface area (Å²) in [5.41, 5.74) is 2.69. The molecular weight excluding hydrogens is 380 g/mol. The number of allylic oxidation sites excluding steroid dienone is 4. The fourth-order valence-electron chi connectivity index (χ4n) is 6.35. The maximum absolute atomic E-state index is 10.2. The Morgan fingerprint density at radius 2 is 2.00 bits per heavy atom. The van der Waals surface area contributed by atoms with E-state index in [4.69, 9.17) is 9.47 Å². The lowest BCUT2D eigenvalue weighted by atomic mass is 9.47. The number of ether oxygens (including phenoxy) is 2. The van der Waals surface area contributed by atoms with Crippen molar-refractivity contribution in [2.45, 2.75) is 83.9 Å². The van der Waals surface area contributed by atoms with Crippen molar-refractivity contribution in [2.24, 2.45) is 22.7 Å². The maximum Gasteiger partial charge on any atom is 0.186 e. The molecule has 2 saturated carbocycles. The van der Waals surface area contributed by atoms with Gasteiger partial charge >= 0.3 is 0 Å². The van der Waals surface area contributed by atoms with Gasteiger partial charge in [0.15, 0.2) is 6.29 Å². The van der Waals surface area contributed by atoms with E-state index in [0.717, 1.165) is 32.1 Å². The van der Waals surface area contributed by atoms with Gasteiger partial charge in [0.2, 0.25) is 0 Å². The molecule has 0 aromatic carbocycles. The van der Waals surface area contributed by atoms with Crippen LogP contribution in [0.3, 0.4) is 0 Å². The van der Waals surface area contributed by atoms with Crippen molar-refractivity contribution in [1.29, 1.82) is 0 Å². The van der Waals surface area contributed by atoms with Crippen LogP contribution in [-0.2, 0) is 9.47 Å². The highest BCUT2D eigenvalue weighted by Gasteiger charge is 2.55. The molecule has 3 N–H and O–H groups in total. The van der Waals surface area contributed by atoms with Crippen molar-refractivity contribution in [2.75, 3.05) is 13.2 Å². The van der Waals surface area contributed by atoms with Crippen molar-refractivity contribution in [3.63, 3.8) is 0 Å². The Balaban J connectivity index is 1.75. The molecular formula is C25H40O5. The molecule has 0 bridgehead atoms. The first kappa shape index (κ1) is 23.7. The second-order valence-corrected chi connectivity index (χ2v) is 10.2. The zero-order valence-electron chi connectivity index (χ0n) is 18.8. The van der Waals surface area contributed by atoms with Crippen LogP contribution >= 0.6 is 0 Å². The number of rotatable bonds is 7. The van der Waals surface area contributed by atoms with E-state index in [1.54, 1.807) is 0 Å². The molecule has 1 aliphatic heterocycles. The quantitative estimate of drug-likeness (QED) is 0.432. The Kier molecular flexibility index (Phi) is 7.30. The van der Waals surface area contributed by atoms with E-state index < -0.39 is 24.6 Å². The van der Waals surface area contributed by atoms with Crippen LogP contribution in [0, 0.1) is 22.7 Å². The Hall–Kier alpha value is -0.980. The first-order valence-electron chi connectivity index (χ1n) is 11.4. The first-order chi connectivity index (χ1) is 14.2. The summed E-state index contributed by atoms with van der Waals surface area (Å²) in [4.78, 5) is 0. The third-order valence-corrected chi connectivity index (χ3v) is 8.22. The van der Waals surface area contributed by atoms with Crippen LogP contribution < -0.4 is 0 Å². The van der Waals surface area contributed by atoms with E-state index in [-0.39, 0.29) is 17.4 Å². The summed E-state index contributed by atoms with van der Waals surface area (Å²) in [6, 6.07) is 0. The van der Waals surface area contributed by atoms with Gasteiger partial charge in [-0.15, -0.1) is 0 Å². The lowest BCUT2D eigenvalue weighted by Crippen LogP contribution is -2.52. The number of aliphatic hydroxyl groups is 3. The van der Waals surface area contributed by atoms with Gasteiger partial charge in [0.1, 0.15) is 18.3 Å². The molecule has 30 heavy (non-hydrogen) atoms. The molecule has 5 heteroatoms. The zero-order chi connectivity index (χ0) is 22.1. The number of hydrogen-bond acceptors (Lipinski definition) is 5. The second kappa shape index (κ2) is 9.25. The number of fused-ring (bicyclic) bond motifs is 1. The van der Waals surface area contributed by atoms with Crippen molar-refractivity contribution in [1.82, 2.24) is 0 Å². The van der Waals surface area contributed by atoms with Gasteiger partial charge < -0.3 is 24.8 Å². The van der Waals surface area contributed by atoms with Crippen molar-refractivity contribution in [3.05, 3.63) is 36.5 Å². The summed E-state index contributed by atoms with van der Waals surface area (Å²) >= 11 is 0. The third kappa shape index (κ3) is 4.33. The molecule has 5 nitrogen and oxygen atoms in total. The van der Waals surface area contributed by atoms with E-state index in [2.05, 4.69) is 40.0 Å². The van der Waals surface area contributed by atoms with Crippen molar-refractivity contribution in [3.8, 4) is 0 Å². The molecule has 0 amide bonds. The van der Waals surface area contributed by atoms with Crippen molar-refractivity contribution >= 4 is 0 Å². The Morgan fingerprint density at radius 1 is 1.27 bits per heavy atom. The zero-order valence-corrected chi connectivity index (χ0v) is 18.8. The molecule has 0 aromatic heterocycles. The van der Waals surface area contributed by atoms with Gasteiger partial charge in [0.05, 0.1) is 13.2 Å². The fraction of sp³-hybridized carbons (Fsp3) is 0.760. The lowest BCUT2D eigenvalue weighted by Gasteiger charge is -2.58. The Labute approximate surface area is 181 Å². The third-order valence-electron chi connectivity index (χ3n) is 8.22. The average molecular weight is 421 g/mol. The fourth-order valence-corrected chi connectivity index (χ4v) is 6.35. The highest BCUT2D eigenvalue weighted by atomic mass is 16.7. The van der Waals surface area contributed by atoms with Gasteiger partial charge in [-0.25, -0.2) is 0 Å². The van der Waals surface area contributed by atoms with Crippen LogP contribution in [0.15, 0.2) is 36.5 Å². The predicted molar refractivity (Wildman–Crippen MR) is 118 cm³/mol. The average Bonchev–Trinajstić information content (AvgIpc) is 2.99. The summed E-state index contributed by atoms with van der Waals surface area (Å²) < 4.78 is 11.6. The molecule has 1 heterocycles. The smallest absolute Gasteiger partial charge is 0.186 e. The van der Waals surface area contributed by atoms with Gasteiger partial charge in [-0.05, 0) is 61.7 Å². The van der Waals surface area contributed by atoms with Gasteiger partial charge in [0, 0.05) is 0 Å². The van der Waals surface area contributed by atoms with Gasteiger partial charge in [0.25, 0.3) is 0 Å². The largest absolute Gasteiger partial charge is 0.394 e. The lowest BCUT2D eigenvalue weighted by molar-refractivity contribution is -0.201.